The Kier molecular flexibility index (Phi) is 3.24. The van der Waals surface area contributed by atoms with Crippen LogP contribution in [0, 0.1) is 0 Å². The average molecular weight is 197 g/mol. The molecule has 1 aromatic rings. The summed E-state index contributed by atoms with van der Waals surface area (Å²) in [5.74, 6) is 1.20. The van der Waals surface area contributed by atoms with Gasteiger partial charge in [0.1, 0.15) is 11.6 Å². The Hall–Kier alpha value is -1.36. The number of nitrogens with two attached hydrogens (primary N) is 1. The summed E-state index contributed by atoms with van der Waals surface area (Å²) in [6, 6.07) is 1.40. The largest absolute Gasteiger partial charge is 0.412 e. The summed E-state index contributed by atoms with van der Waals surface area (Å²) in [4.78, 5) is 15.7. The van der Waals surface area contributed by atoms with E-state index in [1.54, 1.807) is 4.57 Å². The van der Waals surface area contributed by atoms with Crippen molar-refractivity contribution in [2.45, 2.75) is 32.2 Å². The second-order valence-electron chi connectivity index (χ2n) is 3.40. The molecule has 0 aliphatic carbocycles. The fraction of sp³-hybridized carbons (Fsp3) is 0.556. The van der Waals surface area contributed by atoms with Crippen molar-refractivity contribution in [3.05, 3.63) is 22.2 Å². The van der Waals surface area contributed by atoms with Gasteiger partial charge in [0.15, 0.2) is 0 Å². The summed E-state index contributed by atoms with van der Waals surface area (Å²) in [6.45, 7) is 0.793. The van der Waals surface area contributed by atoms with Crippen LogP contribution in [0.3, 0.4) is 0 Å². The van der Waals surface area contributed by atoms with Gasteiger partial charge >= 0.3 is 0 Å². The number of aryl methyl sites for hydroxylation is 1. The van der Waals surface area contributed by atoms with Crippen molar-refractivity contribution < 1.29 is 5.48 Å². The quantitative estimate of drug-likeness (QED) is 0.620. The molecule has 1 aliphatic heterocycles. The Labute approximate surface area is 81.9 Å². The molecule has 0 saturated heterocycles. The molecule has 0 saturated carbocycles. The van der Waals surface area contributed by atoms with Gasteiger partial charge < -0.3 is 11.2 Å². The van der Waals surface area contributed by atoms with Gasteiger partial charge in [-0.1, -0.05) is 6.42 Å². The molecule has 4 N–H and O–H groups in total. The highest BCUT2D eigenvalue weighted by Gasteiger charge is 2.10. The standard InChI is InChI=1S/C9H13N3O.H2O/c10-7-6-9(13)12-5-3-1-2-4-8(12)11-7;/h6H,1-5,10H2;1H2. The van der Waals surface area contributed by atoms with Crippen LogP contribution in [-0.4, -0.2) is 15.0 Å². The Morgan fingerprint density at radius 2 is 2.14 bits per heavy atom. The van der Waals surface area contributed by atoms with Gasteiger partial charge in [0.2, 0.25) is 0 Å². The molecule has 5 nitrogen and oxygen atoms in total. The molecule has 0 atom stereocenters. The Bertz CT molecular complexity index is 373. The third kappa shape index (κ3) is 1.93. The van der Waals surface area contributed by atoms with E-state index in [0.29, 0.717) is 5.82 Å². The van der Waals surface area contributed by atoms with Crippen molar-refractivity contribution in [3.8, 4) is 0 Å². The highest BCUT2D eigenvalue weighted by molar-refractivity contribution is 5.26. The fourth-order valence-electron chi connectivity index (χ4n) is 1.73. The van der Waals surface area contributed by atoms with E-state index < -0.39 is 0 Å². The van der Waals surface area contributed by atoms with Gasteiger partial charge in [0.25, 0.3) is 5.56 Å². The van der Waals surface area contributed by atoms with Crippen molar-refractivity contribution >= 4 is 5.82 Å². The summed E-state index contributed by atoms with van der Waals surface area (Å²) in [6.07, 6.45) is 4.22. The van der Waals surface area contributed by atoms with E-state index in [1.807, 2.05) is 0 Å². The predicted molar refractivity (Wildman–Crippen MR) is 54.1 cm³/mol. The molecule has 1 aromatic heterocycles. The molecule has 0 bridgehead atoms. The second-order valence-corrected chi connectivity index (χ2v) is 3.40. The molecular weight excluding hydrogens is 182 g/mol. The number of nitrogen functional groups attached to an aromatic ring is 1. The van der Waals surface area contributed by atoms with Gasteiger partial charge in [-0.05, 0) is 12.8 Å². The minimum atomic E-state index is -0.00981. The van der Waals surface area contributed by atoms with E-state index in [-0.39, 0.29) is 11.0 Å². The highest BCUT2D eigenvalue weighted by Crippen LogP contribution is 2.10. The summed E-state index contributed by atoms with van der Waals surface area (Å²) in [5.41, 5.74) is 5.50. The number of hydrogen-bond donors (Lipinski definition) is 1. The van der Waals surface area contributed by atoms with Gasteiger partial charge in [-0.25, -0.2) is 4.98 Å². The van der Waals surface area contributed by atoms with Crippen LogP contribution in [0.4, 0.5) is 5.82 Å². The van der Waals surface area contributed by atoms with Crippen LogP contribution in [-0.2, 0) is 13.0 Å². The Morgan fingerprint density at radius 3 is 2.93 bits per heavy atom. The number of hydrogen-bond acceptors (Lipinski definition) is 3. The Morgan fingerprint density at radius 1 is 1.36 bits per heavy atom. The molecule has 0 fully saturated rings. The lowest BCUT2D eigenvalue weighted by Gasteiger charge is -2.07. The van der Waals surface area contributed by atoms with Gasteiger partial charge in [-0.2, -0.15) is 0 Å². The fourth-order valence-corrected chi connectivity index (χ4v) is 1.73. The summed E-state index contributed by atoms with van der Waals surface area (Å²) in [5, 5.41) is 0. The van der Waals surface area contributed by atoms with Gasteiger partial charge in [-0.3, -0.25) is 9.36 Å². The monoisotopic (exact) mass is 197 g/mol. The number of rotatable bonds is 0. The van der Waals surface area contributed by atoms with E-state index in [1.165, 1.54) is 12.5 Å². The van der Waals surface area contributed by atoms with Crippen LogP contribution in [0.2, 0.25) is 0 Å². The van der Waals surface area contributed by atoms with Crippen LogP contribution in [0.1, 0.15) is 25.1 Å². The minimum Gasteiger partial charge on any atom is -0.412 e. The van der Waals surface area contributed by atoms with E-state index >= 15 is 0 Å². The molecule has 0 amide bonds. The second kappa shape index (κ2) is 4.23. The lowest BCUT2D eigenvalue weighted by atomic mass is 10.2. The van der Waals surface area contributed by atoms with Crippen LogP contribution < -0.4 is 11.3 Å². The zero-order valence-corrected chi connectivity index (χ0v) is 7.99. The maximum absolute atomic E-state index is 11.5. The van der Waals surface area contributed by atoms with Crippen molar-refractivity contribution in [1.82, 2.24) is 9.55 Å². The smallest absolute Gasteiger partial charge is 0.255 e. The third-order valence-electron chi connectivity index (χ3n) is 2.39. The van der Waals surface area contributed by atoms with Gasteiger partial charge in [-0.15, -0.1) is 0 Å². The van der Waals surface area contributed by atoms with Crippen LogP contribution in [0.25, 0.3) is 0 Å². The molecular formula is C9H15N3O2. The molecule has 1 aliphatic rings. The van der Waals surface area contributed by atoms with Crippen LogP contribution in [0.5, 0.6) is 0 Å². The van der Waals surface area contributed by atoms with Gasteiger partial charge in [0, 0.05) is 19.0 Å². The topological polar surface area (TPSA) is 92.4 Å². The number of fused-ring (bicyclic) bond motifs is 1. The Balaban J connectivity index is 0.000000980. The molecule has 2 heterocycles. The van der Waals surface area contributed by atoms with Crippen molar-refractivity contribution in [3.63, 3.8) is 0 Å². The highest BCUT2D eigenvalue weighted by atomic mass is 16.1. The molecule has 0 spiro atoms. The normalized spacial score (nSPS) is 15.1. The van der Waals surface area contributed by atoms with Crippen molar-refractivity contribution in [1.29, 1.82) is 0 Å². The molecule has 5 heteroatoms. The van der Waals surface area contributed by atoms with Crippen molar-refractivity contribution in [2.24, 2.45) is 0 Å². The molecule has 0 aromatic carbocycles. The molecule has 2 rings (SSSR count). The first-order chi connectivity index (χ1) is 6.27. The maximum atomic E-state index is 11.5. The molecule has 0 unspecified atom stereocenters. The van der Waals surface area contributed by atoms with Crippen molar-refractivity contribution in [2.75, 3.05) is 5.73 Å². The van der Waals surface area contributed by atoms with E-state index in [0.717, 1.165) is 31.6 Å². The van der Waals surface area contributed by atoms with Gasteiger partial charge in [0.05, 0.1) is 0 Å². The SMILES string of the molecule is Nc1cc(=O)n2c(n1)CCCCC2.O. The molecule has 0 radical (unpaired) electrons. The summed E-state index contributed by atoms with van der Waals surface area (Å²) in [7, 11) is 0. The average Bonchev–Trinajstić information content (AvgIpc) is 2.28. The van der Waals surface area contributed by atoms with E-state index in [2.05, 4.69) is 4.98 Å². The van der Waals surface area contributed by atoms with E-state index in [4.69, 9.17) is 5.73 Å². The lowest BCUT2D eigenvalue weighted by molar-refractivity contribution is 0.609. The summed E-state index contributed by atoms with van der Waals surface area (Å²) < 4.78 is 1.74. The molecule has 78 valence electrons. The molecule has 14 heavy (non-hydrogen) atoms. The first-order valence-corrected chi connectivity index (χ1v) is 4.63. The third-order valence-corrected chi connectivity index (χ3v) is 2.39. The first-order valence-electron chi connectivity index (χ1n) is 4.63. The van der Waals surface area contributed by atoms with Crippen LogP contribution in [0.15, 0.2) is 10.9 Å². The van der Waals surface area contributed by atoms with Crippen LogP contribution >= 0.6 is 0 Å². The first kappa shape index (κ1) is 10.7. The number of anilines is 1. The summed E-state index contributed by atoms with van der Waals surface area (Å²) >= 11 is 0. The lowest BCUT2D eigenvalue weighted by Crippen LogP contribution is -2.24. The minimum absolute atomic E-state index is 0. The predicted octanol–water partition coefficient (Wildman–Crippen LogP) is -0.273. The number of nitrogens with zero attached hydrogens (tertiary/aromatic N) is 2. The number of aromatic nitrogens is 2. The zero-order valence-electron chi connectivity index (χ0n) is 7.99. The maximum Gasteiger partial charge on any atom is 0.255 e. The zero-order chi connectivity index (χ0) is 9.26. The van der Waals surface area contributed by atoms with E-state index in [9.17, 15) is 4.79 Å².